The van der Waals surface area contributed by atoms with Gasteiger partial charge in [-0.25, -0.2) is 4.79 Å². The molecule has 32 heavy (non-hydrogen) atoms. The highest BCUT2D eigenvalue weighted by Crippen LogP contribution is 2.38. The zero-order valence-electron chi connectivity index (χ0n) is 20.8. The Morgan fingerprint density at radius 2 is 1.06 bits per heavy atom. The number of methoxy groups -OCH3 is 2. The van der Waals surface area contributed by atoms with Crippen molar-refractivity contribution in [3.8, 4) is 17.2 Å². The van der Waals surface area contributed by atoms with Crippen LogP contribution in [0.1, 0.15) is 120 Å². The number of carboxylic acid groups (broad SMARTS) is 1. The highest BCUT2D eigenvalue weighted by molar-refractivity contribution is 5.89. The molecule has 184 valence electrons. The molecule has 1 rings (SSSR count). The molecule has 0 bridgehead atoms. The number of unbranched alkanes of at least 4 members (excludes halogenated alkanes) is 15. The van der Waals surface area contributed by atoms with Gasteiger partial charge in [0.25, 0.3) is 0 Å². The van der Waals surface area contributed by atoms with E-state index in [-0.39, 0.29) is 5.56 Å². The van der Waals surface area contributed by atoms with Crippen molar-refractivity contribution in [1.29, 1.82) is 0 Å². The van der Waals surface area contributed by atoms with Crippen molar-refractivity contribution >= 4 is 5.97 Å². The van der Waals surface area contributed by atoms with Gasteiger partial charge in [-0.05, 0) is 18.6 Å². The third-order valence-electron chi connectivity index (χ3n) is 5.95. The Morgan fingerprint density at radius 3 is 1.41 bits per heavy atom. The van der Waals surface area contributed by atoms with Crippen LogP contribution in [0.15, 0.2) is 12.1 Å². The first-order valence-corrected chi connectivity index (χ1v) is 12.8. The first kappa shape index (κ1) is 28.1. The fourth-order valence-corrected chi connectivity index (χ4v) is 3.97. The largest absolute Gasteiger partial charge is 0.493 e. The number of benzene rings is 1. The Kier molecular flexibility index (Phi) is 16.4. The van der Waals surface area contributed by atoms with E-state index < -0.39 is 5.97 Å². The molecule has 1 aromatic carbocycles. The van der Waals surface area contributed by atoms with Crippen molar-refractivity contribution in [2.75, 3.05) is 20.8 Å². The van der Waals surface area contributed by atoms with Crippen LogP contribution in [0.25, 0.3) is 0 Å². The monoisotopic (exact) mass is 450 g/mol. The Balaban J connectivity index is 2.04. The molecule has 0 saturated carbocycles. The zero-order valence-corrected chi connectivity index (χ0v) is 20.8. The summed E-state index contributed by atoms with van der Waals surface area (Å²) < 4.78 is 16.4. The van der Waals surface area contributed by atoms with Gasteiger partial charge >= 0.3 is 5.97 Å². The lowest BCUT2D eigenvalue weighted by atomic mass is 10.0. The van der Waals surface area contributed by atoms with Gasteiger partial charge in [-0.15, -0.1) is 0 Å². The molecule has 0 atom stereocenters. The Morgan fingerprint density at radius 1 is 0.688 bits per heavy atom. The van der Waals surface area contributed by atoms with Crippen LogP contribution in [0, 0.1) is 0 Å². The quantitative estimate of drug-likeness (QED) is 0.192. The molecule has 0 aromatic heterocycles. The SMILES string of the molecule is CCCCCCCCCCCCCCCCCCOc1c(OC)cc(C(=O)O)cc1OC. The van der Waals surface area contributed by atoms with Crippen molar-refractivity contribution in [1.82, 2.24) is 0 Å². The molecule has 0 radical (unpaired) electrons. The normalized spacial score (nSPS) is 10.8. The van der Waals surface area contributed by atoms with Crippen LogP contribution >= 0.6 is 0 Å². The average molecular weight is 451 g/mol. The lowest BCUT2D eigenvalue weighted by Gasteiger charge is -2.15. The molecule has 0 saturated heterocycles. The summed E-state index contributed by atoms with van der Waals surface area (Å²) >= 11 is 0. The maximum absolute atomic E-state index is 11.2. The summed E-state index contributed by atoms with van der Waals surface area (Å²) in [4.78, 5) is 11.2. The summed E-state index contributed by atoms with van der Waals surface area (Å²) in [6.07, 6.45) is 21.3. The minimum atomic E-state index is -1.02. The minimum Gasteiger partial charge on any atom is -0.493 e. The van der Waals surface area contributed by atoms with Crippen LogP contribution in [0.2, 0.25) is 0 Å². The predicted octanol–water partition coefficient (Wildman–Crippen LogP) is 8.04. The summed E-state index contributed by atoms with van der Waals surface area (Å²) in [5.41, 5.74) is 0.119. The van der Waals surface area contributed by atoms with Gasteiger partial charge < -0.3 is 19.3 Å². The predicted molar refractivity (Wildman–Crippen MR) is 132 cm³/mol. The summed E-state index contributed by atoms with van der Waals surface area (Å²) in [6.45, 7) is 2.84. The Hall–Kier alpha value is -1.91. The molecule has 0 spiro atoms. The van der Waals surface area contributed by atoms with Gasteiger partial charge in [0.2, 0.25) is 5.75 Å². The molecule has 0 aliphatic carbocycles. The molecule has 0 amide bonds. The Bertz CT molecular complexity index is 589. The standard InChI is InChI=1S/C27H46O5/c1-4-5-6-7-8-9-10-11-12-13-14-15-16-17-18-19-20-32-26-24(30-2)21-23(27(28)29)22-25(26)31-3/h21-22H,4-20H2,1-3H3,(H,28,29). The van der Waals surface area contributed by atoms with Crippen LogP contribution in [0.5, 0.6) is 17.2 Å². The number of carbonyl (C=O) groups is 1. The summed E-state index contributed by atoms with van der Waals surface area (Å²) in [5.74, 6) is 0.225. The highest BCUT2D eigenvalue weighted by Gasteiger charge is 2.17. The van der Waals surface area contributed by atoms with Crippen molar-refractivity contribution in [3.63, 3.8) is 0 Å². The van der Waals surface area contributed by atoms with Gasteiger partial charge in [-0.3, -0.25) is 0 Å². The third kappa shape index (κ3) is 12.2. The van der Waals surface area contributed by atoms with Crippen LogP contribution in [0.4, 0.5) is 0 Å². The molecule has 1 N–H and O–H groups in total. The number of rotatable bonds is 21. The van der Waals surface area contributed by atoms with Crippen molar-refractivity contribution in [3.05, 3.63) is 17.7 Å². The van der Waals surface area contributed by atoms with Crippen LogP contribution < -0.4 is 14.2 Å². The van der Waals surface area contributed by atoms with Crippen molar-refractivity contribution in [2.45, 2.75) is 110 Å². The number of hydrogen-bond donors (Lipinski definition) is 1. The molecule has 0 unspecified atom stereocenters. The van der Waals surface area contributed by atoms with E-state index in [0.717, 1.165) is 12.8 Å². The fraction of sp³-hybridized carbons (Fsp3) is 0.741. The van der Waals surface area contributed by atoms with Crippen LogP contribution in [-0.4, -0.2) is 31.9 Å². The second-order valence-corrected chi connectivity index (χ2v) is 8.67. The second-order valence-electron chi connectivity index (χ2n) is 8.67. The molecule has 1 aromatic rings. The maximum Gasteiger partial charge on any atom is 0.335 e. The zero-order chi connectivity index (χ0) is 23.4. The van der Waals surface area contributed by atoms with E-state index in [0.29, 0.717) is 23.9 Å². The summed E-state index contributed by atoms with van der Waals surface area (Å²) in [7, 11) is 3.00. The smallest absolute Gasteiger partial charge is 0.335 e. The van der Waals surface area contributed by atoms with E-state index >= 15 is 0 Å². The molecule has 5 nitrogen and oxygen atoms in total. The minimum absolute atomic E-state index is 0.119. The number of carboxylic acids is 1. The van der Waals surface area contributed by atoms with Gasteiger partial charge in [-0.1, -0.05) is 103 Å². The number of hydrogen-bond acceptors (Lipinski definition) is 4. The van der Waals surface area contributed by atoms with Gasteiger partial charge in [0.15, 0.2) is 11.5 Å². The number of ether oxygens (including phenoxy) is 3. The Labute approximate surface area is 195 Å². The van der Waals surface area contributed by atoms with Gasteiger partial charge in [-0.2, -0.15) is 0 Å². The first-order valence-electron chi connectivity index (χ1n) is 12.8. The van der Waals surface area contributed by atoms with Gasteiger partial charge in [0, 0.05) is 0 Å². The van der Waals surface area contributed by atoms with E-state index in [1.165, 1.54) is 116 Å². The van der Waals surface area contributed by atoms with Gasteiger partial charge in [0.1, 0.15) is 0 Å². The molecule has 0 fully saturated rings. The third-order valence-corrected chi connectivity index (χ3v) is 5.95. The molecule has 0 aliphatic heterocycles. The first-order chi connectivity index (χ1) is 15.6. The molecule has 5 heteroatoms. The fourth-order valence-electron chi connectivity index (χ4n) is 3.97. The van der Waals surface area contributed by atoms with Gasteiger partial charge in [0.05, 0.1) is 26.4 Å². The molecular formula is C27H46O5. The topological polar surface area (TPSA) is 65.0 Å². The molecular weight excluding hydrogens is 404 g/mol. The van der Waals surface area contributed by atoms with Crippen LogP contribution in [-0.2, 0) is 0 Å². The van der Waals surface area contributed by atoms with E-state index in [2.05, 4.69) is 6.92 Å². The average Bonchev–Trinajstić information content (AvgIpc) is 2.80. The lowest BCUT2D eigenvalue weighted by Crippen LogP contribution is -2.04. The van der Waals surface area contributed by atoms with Crippen LogP contribution in [0.3, 0.4) is 0 Å². The maximum atomic E-state index is 11.2. The second kappa shape index (κ2) is 18.6. The highest BCUT2D eigenvalue weighted by atomic mass is 16.5. The van der Waals surface area contributed by atoms with E-state index in [9.17, 15) is 9.90 Å². The van der Waals surface area contributed by atoms with Crippen molar-refractivity contribution < 1.29 is 24.1 Å². The summed E-state index contributed by atoms with van der Waals surface area (Å²) in [6, 6.07) is 2.93. The van der Waals surface area contributed by atoms with Crippen molar-refractivity contribution in [2.24, 2.45) is 0 Å². The van der Waals surface area contributed by atoms with E-state index in [1.807, 2.05) is 0 Å². The lowest BCUT2D eigenvalue weighted by molar-refractivity contribution is 0.0696. The van der Waals surface area contributed by atoms with E-state index in [4.69, 9.17) is 14.2 Å². The molecule has 0 aliphatic rings. The van der Waals surface area contributed by atoms with E-state index in [1.54, 1.807) is 0 Å². The summed E-state index contributed by atoms with van der Waals surface area (Å²) in [5, 5.41) is 9.20. The number of aromatic carboxylic acids is 1. The molecule has 0 heterocycles.